The summed E-state index contributed by atoms with van der Waals surface area (Å²) in [6.07, 6.45) is 0.360. The monoisotopic (exact) mass is 323 g/mol. The van der Waals surface area contributed by atoms with E-state index in [4.69, 9.17) is 4.42 Å². The Morgan fingerprint density at radius 2 is 2.00 bits per heavy atom. The summed E-state index contributed by atoms with van der Waals surface area (Å²) >= 11 is 0.873. The molecule has 0 saturated carbocycles. The van der Waals surface area contributed by atoms with Gasteiger partial charge in [0.15, 0.2) is 5.58 Å². The molecule has 0 saturated heterocycles. The topological polar surface area (TPSA) is 101 Å². The first kappa shape index (κ1) is 16.4. The van der Waals surface area contributed by atoms with Gasteiger partial charge in [0.1, 0.15) is 10.3 Å². The summed E-state index contributed by atoms with van der Waals surface area (Å²) in [7, 11) is 0. The highest BCUT2D eigenvalue weighted by Gasteiger charge is 2.49. The fraction of sp³-hybridized carbons (Fsp3) is 0.400. The minimum atomic E-state index is -1.51. The lowest BCUT2D eigenvalue weighted by Crippen LogP contribution is -2.45. The second kappa shape index (κ2) is 6.39. The predicted molar refractivity (Wildman–Crippen MR) is 81.9 cm³/mol. The van der Waals surface area contributed by atoms with Crippen molar-refractivity contribution in [2.24, 2.45) is 5.92 Å². The van der Waals surface area contributed by atoms with Gasteiger partial charge in [0.05, 0.1) is 5.92 Å². The van der Waals surface area contributed by atoms with Gasteiger partial charge in [-0.2, -0.15) is 0 Å². The van der Waals surface area contributed by atoms with Gasteiger partial charge in [-0.3, -0.25) is 9.59 Å². The molecule has 2 rings (SSSR count). The predicted octanol–water partition coefficient (Wildman–Crippen LogP) is 3.26. The van der Waals surface area contributed by atoms with Gasteiger partial charge in [-0.05, 0) is 36.7 Å². The number of oxazole rings is 1. The van der Waals surface area contributed by atoms with Gasteiger partial charge in [-0.1, -0.05) is 26.0 Å². The molecule has 1 heterocycles. The average molecular weight is 323 g/mol. The van der Waals surface area contributed by atoms with Gasteiger partial charge in [0.2, 0.25) is 0 Å². The molecule has 22 heavy (non-hydrogen) atoms. The maximum absolute atomic E-state index is 11.8. The zero-order chi connectivity index (χ0) is 16.3. The number of carbonyl (C=O) groups is 2. The van der Waals surface area contributed by atoms with Crippen molar-refractivity contribution < 1.29 is 24.2 Å². The van der Waals surface area contributed by atoms with Crippen molar-refractivity contribution in [1.29, 1.82) is 0 Å². The Kier molecular flexibility index (Phi) is 4.75. The molecule has 0 aliphatic rings. The molecular weight excluding hydrogens is 306 g/mol. The number of fused-ring (bicyclic) bond motifs is 1. The van der Waals surface area contributed by atoms with Gasteiger partial charge in [0.25, 0.3) is 5.22 Å². The number of hydrogen-bond donors (Lipinski definition) is 2. The van der Waals surface area contributed by atoms with Crippen LogP contribution in [0, 0.1) is 5.92 Å². The fourth-order valence-corrected chi connectivity index (χ4v) is 3.72. The molecule has 0 spiro atoms. The number of nitrogens with zero attached hydrogens (tertiary/aromatic N) is 1. The van der Waals surface area contributed by atoms with E-state index in [2.05, 4.69) is 4.98 Å². The Morgan fingerprint density at radius 1 is 1.32 bits per heavy atom. The molecule has 1 aromatic heterocycles. The molecule has 7 heteroatoms. The zero-order valence-electron chi connectivity index (χ0n) is 12.3. The van der Waals surface area contributed by atoms with Crippen LogP contribution in [0.2, 0.25) is 0 Å². The summed E-state index contributed by atoms with van der Waals surface area (Å²) in [6.45, 7) is 3.33. The van der Waals surface area contributed by atoms with Crippen molar-refractivity contribution in [2.75, 3.05) is 0 Å². The van der Waals surface area contributed by atoms with Crippen LogP contribution in [0.1, 0.15) is 26.7 Å². The Hall–Kier alpha value is -2.02. The number of carboxylic acid groups (broad SMARTS) is 2. The summed E-state index contributed by atoms with van der Waals surface area (Å²) in [6, 6.07) is 7.08. The highest BCUT2D eigenvalue weighted by atomic mass is 32.2. The van der Waals surface area contributed by atoms with Crippen LogP contribution >= 0.6 is 11.8 Å². The number of carboxylic acids is 2. The van der Waals surface area contributed by atoms with Gasteiger partial charge >= 0.3 is 11.9 Å². The van der Waals surface area contributed by atoms with Gasteiger partial charge in [0, 0.05) is 0 Å². The molecule has 2 N–H and O–H groups in total. The number of rotatable bonds is 7. The van der Waals surface area contributed by atoms with Crippen molar-refractivity contribution in [1.82, 2.24) is 4.98 Å². The molecule has 0 amide bonds. The maximum Gasteiger partial charge on any atom is 0.321 e. The van der Waals surface area contributed by atoms with Crippen molar-refractivity contribution in [2.45, 2.75) is 36.7 Å². The van der Waals surface area contributed by atoms with Crippen molar-refractivity contribution in [3.63, 3.8) is 0 Å². The van der Waals surface area contributed by atoms with Gasteiger partial charge < -0.3 is 14.6 Å². The van der Waals surface area contributed by atoms with Crippen LogP contribution < -0.4 is 0 Å². The van der Waals surface area contributed by atoms with Crippen LogP contribution in [-0.4, -0.2) is 31.9 Å². The molecule has 118 valence electrons. The molecule has 0 aliphatic heterocycles. The lowest BCUT2D eigenvalue weighted by atomic mass is 9.87. The van der Waals surface area contributed by atoms with E-state index >= 15 is 0 Å². The summed E-state index contributed by atoms with van der Waals surface area (Å²) in [5.74, 6) is -3.33. The van der Waals surface area contributed by atoms with Gasteiger partial charge in [-0.15, -0.1) is 0 Å². The molecule has 0 bridgehead atoms. The van der Waals surface area contributed by atoms with Crippen molar-refractivity contribution in [3.05, 3.63) is 24.3 Å². The number of hydrogen-bond acceptors (Lipinski definition) is 5. The summed E-state index contributed by atoms with van der Waals surface area (Å²) < 4.78 is 4.03. The first-order valence-electron chi connectivity index (χ1n) is 6.95. The average Bonchev–Trinajstić information content (AvgIpc) is 2.88. The van der Waals surface area contributed by atoms with E-state index in [0.29, 0.717) is 11.1 Å². The van der Waals surface area contributed by atoms with E-state index in [1.165, 1.54) is 0 Å². The Bertz CT molecular complexity index is 665. The first-order valence-corrected chi connectivity index (χ1v) is 7.77. The van der Waals surface area contributed by atoms with Crippen LogP contribution in [-0.2, 0) is 9.59 Å². The molecule has 0 fully saturated rings. The lowest BCUT2D eigenvalue weighted by Gasteiger charge is -2.31. The van der Waals surface area contributed by atoms with Crippen molar-refractivity contribution >= 4 is 34.8 Å². The number of benzene rings is 1. The van der Waals surface area contributed by atoms with E-state index in [1.807, 2.05) is 0 Å². The van der Waals surface area contributed by atoms with Crippen LogP contribution in [0.4, 0.5) is 0 Å². The summed E-state index contributed by atoms with van der Waals surface area (Å²) in [4.78, 5) is 27.5. The third kappa shape index (κ3) is 2.81. The molecular formula is C15H17NO5S. The lowest BCUT2D eigenvalue weighted by molar-refractivity contribution is -0.151. The molecule has 2 atom stereocenters. The Balaban J connectivity index is 2.45. The smallest absolute Gasteiger partial charge is 0.321 e. The fourth-order valence-electron chi connectivity index (χ4n) is 2.49. The van der Waals surface area contributed by atoms with Gasteiger partial charge in [-0.25, -0.2) is 4.98 Å². The highest BCUT2D eigenvalue weighted by molar-refractivity contribution is 8.01. The third-order valence-electron chi connectivity index (χ3n) is 3.70. The molecule has 0 radical (unpaired) electrons. The molecule has 6 nitrogen and oxygen atoms in total. The minimum absolute atomic E-state index is 0.149. The Labute approximate surface area is 131 Å². The molecule has 2 unspecified atom stereocenters. The normalized spacial score (nSPS) is 15.4. The van der Waals surface area contributed by atoms with E-state index in [-0.39, 0.29) is 18.1 Å². The minimum Gasteiger partial charge on any atom is -0.481 e. The highest BCUT2D eigenvalue weighted by Crippen LogP contribution is 2.43. The number of aromatic nitrogens is 1. The third-order valence-corrected chi connectivity index (χ3v) is 5.16. The Morgan fingerprint density at radius 3 is 2.50 bits per heavy atom. The SMILES string of the molecule is CCC(C(=O)O)C(CC)(Sc1nc2ccccc2o1)C(=O)O. The van der Waals surface area contributed by atoms with E-state index in [0.717, 1.165) is 11.8 Å². The van der Waals surface area contributed by atoms with Crippen LogP contribution in [0.25, 0.3) is 11.1 Å². The molecule has 1 aromatic carbocycles. The summed E-state index contributed by atoms with van der Waals surface area (Å²) in [5.41, 5.74) is 1.16. The van der Waals surface area contributed by atoms with E-state index in [1.54, 1.807) is 38.1 Å². The zero-order valence-corrected chi connectivity index (χ0v) is 13.1. The first-order chi connectivity index (χ1) is 10.4. The molecule has 2 aromatic rings. The van der Waals surface area contributed by atoms with Crippen LogP contribution in [0.5, 0.6) is 0 Å². The maximum atomic E-state index is 11.8. The van der Waals surface area contributed by atoms with Crippen molar-refractivity contribution in [3.8, 4) is 0 Å². The van der Waals surface area contributed by atoms with Crippen LogP contribution in [0.15, 0.2) is 33.9 Å². The summed E-state index contributed by atoms with van der Waals surface area (Å²) in [5, 5.41) is 19.2. The molecule has 0 aliphatic carbocycles. The number of thioether (sulfide) groups is 1. The van der Waals surface area contributed by atoms with E-state index < -0.39 is 22.6 Å². The second-order valence-corrected chi connectivity index (χ2v) is 6.18. The van der Waals surface area contributed by atoms with Crippen LogP contribution in [0.3, 0.4) is 0 Å². The quantitative estimate of drug-likeness (QED) is 0.754. The van der Waals surface area contributed by atoms with E-state index in [9.17, 15) is 19.8 Å². The largest absolute Gasteiger partial charge is 0.481 e. The second-order valence-electron chi connectivity index (χ2n) is 4.90. The standard InChI is InChI=1S/C15H17NO5S/c1-3-9(12(17)18)15(4-2,13(19)20)22-14-16-10-7-5-6-8-11(10)21-14/h5-9H,3-4H2,1-2H3,(H,17,18)(H,19,20). The number of para-hydroxylation sites is 2. The number of aliphatic carboxylic acids is 2.